The van der Waals surface area contributed by atoms with E-state index in [1.165, 1.54) is 35.3 Å². The molecule has 1 aromatic carbocycles. The van der Waals surface area contributed by atoms with Crippen LogP contribution in [0.4, 0.5) is 5.69 Å². The highest BCUT2D eigenvalue weighted by Crippen LogP contribution is 2.34. The molecular weight excluding hydrogens is 398 g/mol. The number of ether oxygens (including phenoxy) is 2. The number of amides is 1. The van der Waals surface area contributed by atoms with Crippen LogP contribution in [0.2, 0.25) is 5.02 Å². The first kappa shape index (κ1) is 20.7. The first-order valence-electron chi connectivity index (χ1n) is 9.34. The van der Waals surface area contributed by atoms with Gasteiger partial charge in [-0.3, -0.25) is 4.79 Å². The molecule has 0 fully saturated rings. The Morgan fingerprint density at radius 3 is 2.82 bits per heavy atom. The van der Waals surface area contributed by atoms with Gasteiger partial charge in [-0.1, -0.05) is 24.9 Å². The molecule has 0 radical (unpaired) electrons. The molecule has 1 amide bonds. The Balaban J connectivity index is 1.59. The van der Waals surface area contributed by atoms with Gasteiger partial charge in [0.05, 0.1) is 12.8 Å². The molecule has 150 valence electrons. The maximum Gasteiger partial charge on any atom is 0.348 e. The zero-order valence-electron chi connectivity index (χ0n) is 16.3. The van der Waals surface area contributed by atoms with Crippen molar-refractivity contribution in [2.24, 2.45) is 5.92 Å². The van der Waals surface area contributed by atoms with E-state index in [0.29, 0.717) is 27.3 Å². The molecule has 0 aliphatic heterocycles. The predicted octanol–water partition coefficient (Wildman–Crippen LogP) is 5.03. The van der Waals surface area contributed by atoms with Crippen molar-refractivity contribution in [2.75, 3.05) is 19.0 Å². The van der Waals surface area contributed by atoms with Crippen LogP contribution in [0.3, 0.4) is 0 Å². The fourth-order valence-corrected chi connectivity index (χ4v) is 4.62. The summed E-state index contributed by atoms with van der Waals surface area (Å²) in [7, 11) is 1.50. The highest BCUT2D eigenvalue weighted by molar-refractivity contribution is 7.14. The summed E-state index contributed by atoms with van der Waals surface area (Å²) in [6.45, 7) is 3.68. The molecule has 3 rings (SSSR count). The van der Waals surface area contributed by atoms with Gasteiger partial charge >= 0.3 is 5.97 Å². The Kier molecular flexibility index (Phi) is 6.62. The number of methoxy groups -OCH3 is 1. The van der Waals surface area contributed by atoms with E-state index in [9.17, 15) is 9.59 Å². The number of esters is 1. The minimum atomic E-state index is -0.457. The van der Waals surface area contributed by atoms with Gasteiger partial charge in [0.25, 0.3) is 5.91 Å². The minimum absolute atomic E-state index is 0.357. The van der Waals surface area contributed by atoms with Crippen molar-refractivity contribution in [3.8, 4) is 5.75 Å². The molecule has 1 N–H and O–H groups in total. The van der Waals surface area contributed by atoms with Crippen molar-refractivity contribution in [3.63, 3.8) is 0 Å². The van der Waals surface area contributed by atoms with Crippen LogP contribution >= 0.6 is 22.9 Å². The van der Waals surface area contributed by atoms with Crippen LogP contribution in [0.5, 0.6) is 5.75 Å². The second-order valence-corrected chi connectivity index (χ2v) is 8.55. The van der Waals surface area contributed by atoms with E-state index in [0.717, 1.165) is 24.8 Å². The van der Waals surface area contributed by atoms with Crippen LogP contribution in [0.1, 0.15) is 45.4 Å². The number of benzene rings is 1. The summed E-state index contributed by atoms with van der Waals surface area (Å²) in [5.74, 6) is 0.254. The normalized spacial score (nSPS) is 15.6. The third-order valence-corrected chi connectivity index (χ3v) is 6.68. The Hall–Kier alpha value is -2.05. The van der Waals surface area contributed by atoms with Crippen molar-refractivity contribution in [3.05, 3.63) is 44.1 Å². The van der Waals surface area contributed by atoms with Gasteiger partial charge < -0.3 is 14.8 Å². The van der Waals surface area contributed by atoms with E-state index in [4.69, 9.17) is 21.1 Å². The number of rotatable bonds is 6. The van der Waals surface area contributed by atoms with Crippen molar-refractivity contribution in [2.45, 2.75) is 39.5 Å². The number of nitrogens with one attached hydrogen (secondary N) is 1. The van der Waals surface area contributed by atoms with Gasteiger partial charge in [0.15, 0.2) is 6.61 Å². The summed E-state index contributed by atoms with van der Waals surface area (Å²) in [5.41, 5.74) is 2.55. The second-order valence-electron chi connectivity index (χ2n) is 7.00. The minimum Gasteiger partial charge on any atom is -0.495 e. The van der Waals surface area contributed by atoms with E-state index in [1.807, 2.05) is 13.0 Å². The van der Waals surface area contributed by atoms with E-state index in [2.05, 4.69) is 12.2 Å². The first-order valence-corrected chi connectivity index (χ1v) is 10.5. The molecule has 1 aliphatic carbocycles. The van der Waals surface area contributed by atoms with Crippen LogP contribution in [-0.4, -0.2) is 25.6 Å². The average molecular weight is 422 g/mol. The van der Waals surface area contributed by atoms with Crippen LogP contribution in [0.15, 0.2) is 18.2 Å². The quantitative estimate of drug-likeness (QED) is 0.664. The lowest BCUT2D eigenvalue weighted by Gasteiger charge is -2.19. The van der Waals surface area contributed by atoms with Crippen molar-refractivity contribution < 1.29 is 19.1 Å². The predicted molar refractivity (Wildman–Crippen MR) is 112 cm³/mol. The summed E-state index contributed by atoms with van der Waals surface area (Å²) in [6.07, 6.45) is 4.36. The molecule has 7 heteroatoms. The summed E-state index contributed by atoms with van der Waals surface area (Å²) >= 11 is 7.55. The standard InChI is InChI=1S/C21H24ClNO4S/c1-4-13-5-6-18-14(8-13)9-19(28-18)21(25)27-11-20(24)23-16-7-12(2)15(22)10-17(16)26-3/h7,9-10,13H,4-6,8,11H2,1-3H3,(H,23,24)/t13-/m1/s1. The van der Waals surface area contributed by atoms with Gasteiger partial charge in [0.2, 0.25) is 0 Å². The Morgan fingerprint density at radius 1 is 1.32 bits per heavy atom. The molecule has 1 heterocycles. The van der Waals surface area contributed by atoms with Gasteiger partial charge in [0, 0.05) is 16.0 Å². The summed E-state index contributed by atoms with van der Waals surface area (Å²) in [5, 5.41) is 3.25. The largest absolute Gasteiger partial charge is 0.495 e. The van der Waals surface area contributed by atoms with Crippen LogP contribution in [0, 0.1) is 12.8 Å². The fourth-order valence-electron chi connectivity index (χ4n) is 3.37. The molecule has 0 saturated heterocycles. The topological polar surface area (TPSA) is 64.6 Å². The molecule has 1 aliphatic rings. The SMILES string of the molecule is CC[C@@H]1CCc2sc(C(=O)OCC(=O)Nc3cc(C)c(Cl)cc3OC)cc2C1. The number of halogens is 1. The number of hydrogen-bond acceptors (Lipinski definition) is 5. The van der Waals surface area contributed by atoms with Gasteiger partial charge in [-0.05, 0) is 55.4 Å². The lowest BCUT2D eigenvalue weighted by atomic mass is 9.87. The van der Waals surface area contributed by atoms with Crippen LogP contribution in [0.25, 0.3) is 0 Å². The molecule has 0 saturated carbocycles. The zero-order chi connectivity index (χ0) is 20.3. The third-order valence-electron chi connectivity index (χ3n) is 5.05. The summed E-state index contributed by atoms with van der Waals surface area (Å²) in [6, 6.07) is 5.28. The van der Waals surface area contributed by atoms with E-state index < -0.39 is 11.9 Å². The third kappa shape index (κ3) is 4.67. The van der Waals surface area contributed by atoms with Crippen LogP contribution < -0.4 is 10.1 Å². The summed E-state index contributed by atoms with van der Waals surface area (Å²) < 4.78 is 10.4. The molecule has 2 aromatic rings. The Labute approximate surface area is 174 Å². The lowest BCUT2D eigenvalue weighted by Crippen LogP contribution is -2.21. The fraction of sp³-hybridized carbons (Fsp3) is 0.429. The number of fused-ring (bicyclic) bond motifs is 1. The molecule has 0 spiro atoms. The van der Waals surface area contributed by atoms with E-state index in [-0.39, 0.29) is 6.61 Å². The van der Waals surface area contributed by atoms with Gasteiger partial charge in [-0.25, -0.2) is 4.79 Å². The van der Waals surface area contributed by atoms with Crippen molar-refractivity contribution >= 4 is 40.5 Å². The first-order chi connectivity index (χ1) is 13.4. The molecule has 28 heavy (non-hydrogen) atoms. The Bertz CT molecular complexity index is 893. The number of anilines is 1. The smallest absolute Gasteiger partial charge is 0.348 e. The maximum absolute atomic E-state index is 12.4. The van der Waals surface area contributed by atoms with Crippen molar-refractivity contribution in [1.29, 1.82) is 0 Å². The molecular formula is C21H24ClNO4S. The summed E-state index contributed by atoms with van der Waals surface area (Å²) in [4.78, 5) is 26.4. The van der Waals surface area contributed by atoms with E-state index >= 15 is 0 Å². The number of hydrogen-bond donors (Lipinski definition) is 1. The number of thiophene rings is 1. The molecule has 1 aromatic heterocycles. The maximum atomic E-state index is 12.4. The zero-order valence-corrected chi connectivity index (χ0v) is 17.8. The second kappa shape index (κ2) is 8.97. The van der Waals surface area contributed by atoms with Gasteiger partial charge in [-0.2, -0.15) is 0 Å². The van der Waals surface area contributed by atoms with E-state index in [1.54, 1.807) is 12.1 Å². The number of carbonyl (C=O) groups is 2. The van der Waals surface area contributed by atoms with Crippen molar-refractivity contribution in [1.82, 2.24) is 0 Å². The van der Waals surface area contributed by atoms with Crippen LogP contribution in [-0.2, 0) is 22.4 Å². The monoisotopic (exact) mass is 421 g/mol. The number of aryl methyl sites for hydroxylation is 2. The van der Waals surface area contributed by atoms with Gasteiger partial charge in [0.1, 0.15) is 10.6 Å². The van der Waals surface area contributed by atoms with Gasteiger partial charge in [-0.15, -0.1) is 11.3 Å². The molecule has 0 unspecified atom stereocenters. The highest BCUT2D eigenvalue weighted by atomic mass is 35.5. The lowest BCUT2D eigenvalue weighted by molar-refractivity contribution is -0.119. The average Bonchev–Trinajstić information content (AvgIpc) is 3.12. The molecule has 0 bridgehead atoms. The Morgan fingerprint density at radius 2 is 2.11 bits per heavy atom. The molecule has 5 nitrogen and oxygen atoms in total. The highest BCUT2D eigenvalue weighted by Gasteiger charge is 2.23. The number of carbonyl (C=O) groups excluding carboxylic acids is 2. The molecule has 1 atom stereocenters.